The quantitative estimate of drug-likeness (QED) is 0.705. The number of anilines is 2. The Kier molecular flexibility index (Phi) is 4.79. The van der Waals surface area contributed by atoms with Crippen LogP contribution >= 0.6 is 11.3 Å². The van der Waals surface area contributed by atoms with Gasteiger partial charge < -0.3 is 20.8 Å². The van der Waals surface area contributed by atoms with Crippen molar-refractivity contribution in [2.24, 2.45) is 0 Å². The third kappa shape index (κ3) is 3.26. The van der Waals surface area contributed by atoms with Crippen molar-refractivity contribution in [2.75, 3.05) is 36.9 Å². The minimum Gasteiger partial charge on any atom is -0.399 e. The molecule has 1 heterocycles. The molecule has 2 rings (SSSR count). The number of hydrogen-bond donors (Lipinski definition) is 3. The summed E-state index contributed by atoms with van der Waals surface area (Å²) < 4.78 is 0. The number of aliphatic hydroxyl groups is 2. The molecule has 0 amide bonds. The van der Waals surface area contributed by atoms with Crippen LogP contribution in [0.25, 0.3) is 11.1 Å². The predicted molar refractivity (Wildman–Crippen MR) is 80.6 cm³/mol. The molecule has 4 N–H and O–H groups in total. The Balaban J connectivity index is 2.43. The molecule has 1 aromatic heterocycles. The summed E-state index contributed by atoms with van der Waals surface area (Å²) in [7, 11) is 0. The minimum absolute atomic E-state index is 0.0491. The van der Waals surface area contributed by atoms with Gasteiger partial charge in [-0.05, 0) is 40.6 Å². The molecule has 102 valence electrons. The third-order valence-electron chi connectivity index (χ3n) is 2.93. The predicted octanol–water partition coefficient (Wildman–Crippen LogP) is 1.79. The summed E-state index contributed by atoms with van der Waals surface area (Å²) in [4.78, 5) is 1.96. The van der Waals surface area contributed by atoms with Gasteiger partial charge >= 0.3 is 0 Å². The van der Waals surface area contributed by atoms with Crippen LogP contribution in [0.4, 0.5) is 11.4 Å². The van der Waals surface area contributed by atoms with E-state index in [1.807, 2.05) is 34.5 Å². The van der Waals surface area contributed by atoms with Crippen LogP contribution in [0.3, 0.4) is 0 Å². The van der Waals surface area contributed by atoms with Gasteiger partial charge in [-0.3, -0.25) is 0 Å². The fraction of sp³-hybridized carbons (Fsp3) is 0.286. The number of benzene rings is 1. The topological polar surface area (TPSA) is 69.7 Å². The second kappa shape index (κ2) is 6.56. The van der Waals surface area contributed by atoms with E-state index < -0.39 is 0 Å². The van der Waals surface area contributed by atoms with E-state index in [1.54, 1.807) is 11.3 Å². The standard InChI is InChI=1S/C14H18N2O2S/c15-12-1-2-14(16(4-6-17)5-7-18)13(9-12)11-3-8-19-10-11/h1-3,8-10,17-18H,4-7,15H2. The Morgan fingerprint density at radius 3 is 2.42 bits per heavy atom. The Hall–Kier alpha value is -1.56. The van der Waals surface area contributed by atoms with E-state index in [0.29, 0.717) is 18.8 Å². The first-order valence-corrected chi connectivity index (χ1v) is 7.09. The van der Waals surface area contributed by atoms with E-state index in [4.69, 9.17) is 15.9 Å². The molecule has 0 spiro atoms. The Morgan fingerprint density at radius 2 is 1.84 bits per heavy atom. The second-order valence-electron chi connectivity index (χ2n) is 4.22. The van der Waals surface area contributed by atoms with Crippen molar-refractivity contribution >= 4 is 22.7 Å². The molecule has 0 atom stereocenters. The van der Waals surface area contributed by atoms with Gasteiger partial charge in [0.2, 0.25) is 0 Å². The van der Waals surface area contributed by atoms with Crippen molar-refractivity contribution in [2.45, 2.75) is 0 Å². The van der Waals surface area contributed by atoms with Crippen molar-refractivity contribution < 1.29 is 10.2 Å². The molecule has 0 aliphatic heterocycles. The average Bonchev–Trinajstić information content (AvgIpc) is 2.92. The summed E-state index contributed by atoms with van der Waals surface area (Å²) >= 11 is 1.63. The zero-order valence-electron chi connectivity index (χ0n) is 10.6. The first-order valence-electron chi connectivity index (χ1n) is 6.15. The van der Waals surface area contributed by atoms with Gasteiger partial charge in [-0.15, -0.1) is 0 Å². The van der Waals surface area contributed by atoms with E-state index in [1.165, 1.54) is 0 Å². The highest BCUT2D eigenvalue weighted by Gasteiger charge is 2.12. The molecular weight excluding hydrogens is 260 g/mol. The van der Waals surface area contributed by atoms with Gasteiger partial charge in [0.15, 0.2) is 0 Å². The first-order chi connectivity index (χ1) is 9.26. The molecule has 5 heteroatoms. The van der Waals surface area contributed by atoms with Crippen LogP contribution in [0.15, 0.2) is 35.0 Å². The van der Waals surface area contributed by atoms with E-state index in [2.05, 4.69) is 5.38 Å². The lowest BCUT2D eigenvalue weighted by Gasteiger charge is -2.25. The van der Waals surface area contributed by atoms with Gasteiger partial charge in [0.05, 0.1) is 13.2 Å². The van der Waals surface area contributed by atoms with E-state index in [9.17, 15) is 0 Å². The summed E-state index contributed by atoms with van der Waals surface area (Å²) in [5.41, 5.74) is 9.69. The van der Waals surface area contributed by atoms with Crippen molar-refractivity contribution in [1.29, 1.82) is 0 Å². The number of thiophene rings is 1. The normalized spacial score (nSPS) is 10.6. The van der Waals surface area contributed by atoms with E-state index >= 15 is 0 Å². The zero-order valence-corrected chi connectivity index (χ0v) is 11.4. The van der Waals surface area contributed by atoms with Crippen LogP contribution in [-0.2, 0) is 0 Å². The van der Waals surface area contributed by atoms with Gasteiger partial charge in [0.1, 0.15) is 0 Å². The number of nitrogens with zero attached hydrogens (tertiary/aromatic N) is 1. The summed E-state index contributed by atoms with van der Waals surface area (Å²) in [5.74, 6) is 0. The molecule has 0 unspecified atom stereocenters. The summed E-state index contributed by atoms with van der Waals surface area (Å²) in [5, 5.41) is 22.4. The molecule has 0 radical (unpaired) electrons. The maximum absolute atomic E-state index is 9.15. The highest BCUT2D eigenvalue weighted by atomic mass is 32.1. The molecule has 0 fully saturated rings. The summed E-state index contributed by atoms with van der Waals surface area (Å²) in [6.45, 7) is 1.07. The van der Waals surface area contributed by atoms with Gasteiger partial charge in [-0.25, -0.2) is 0 Å². The molecule has 2 aromatic rings. The molecule has 19 heavy (non-hydrogen) atoms. The zero-order chi connectivity index (χ0) is 13.7. The van der Waals surface area contributed by atoms with Crippen LogP contribution in [0, 0.1) is 0 Å². The largest absolute Gasteiger partial charge is 0.399 e. The fourth-order valence-electron chi connectivity index (χ4n) is 2.07. The molecule has 0 saturated carbocycles. The van der Waals surface area contributed by atoms with Crippen molar-refractivity contribution in [3.63, 3.8) is 0 Å². The highest BCUT2D eigenvalue weighted by molar-refractivity contribution is 7.08. The lowest BCUT2D eigenvalue weighted by atomic mass is 10.0. The van der Waals surface area contributed by atoms with E-state index in [0.717, 1.165) is 16.8 Å². The van der Waals surface area contributed by atoms with Crippen LogP contribution in [0.5, 0.6) is 0 Å². The number of hydrogen-bond acceptors (Lipinski definition) is 5. The number of nitrogen functional groups attached to an aromatic ring is 1. The number of rotatable bonds is 6. The van der Waals surface area contributed by atoms with Crippen molar-refractivity contribution in [3.05, 3.63) is 35.0 Å². The van der Waals surface area contributed by atoms with Crippen molar-refractivity contribution in [1.82, 2.24) is 0 Å². The van der Waals surface area contributed by atoms with Gasteiger partial charge in [0.25, 0.3) is 0 Å². The third-order valence-corrected chi connectivity index (χ3v) is 3.62. The molecule has 0 aliphatic rings. The van der Waals surface area contributed by atoms with Crippen LogP contribution in [0.1, 0.15) is 0 Å². The van der Waals surface area contributed by atoms with Gasteiger partial charge in [-0.1, -0.05) is 0 Å². The lowest BCUT2D eigenvalue weighted by molar-refractivity contribution is 0.281. The molecule has 1 aromatic carbocycles. The van der Waals surface area contributed by atoms with Crippen LogP contribution < -0.4 is 10.6 Å². The van der Waals surface area contributed by atoms with Crippen LogP contribution in [-0.4, -0.2) is 36.5 Å². The fourth-order valence-corrected chi connectivity index (χ4v) is 2.73. The first kappa shape index (κ1) is 13.9. The minimum atomic E-state index is 0.0491. The maximum Gasteiger partial charge on any atom is 0.0606 e. The average molecular weight is 278 g/mol. The summed E-state index contributed by atoms with van der Waals surface area (Å²) in [6.07, 6.45) is 0. The smallest absolute Gasteiger partial charge is 0.0606 e. The highest BCUT2D eigenvalue weighted by Crippen LogP contribution is 2.33. The Bertz CT molecular complexity index is 508. The molecular formula is C14H18N2O2S. The van der Waals surface area contributed by atoms with E-state index in [-0.39, 0.29) is 13.2 Å². The monoisotopic (exact) mass is 278 g/mol. The Labute approximate surface area is 116 Å². The Morgan fingerprint density at radius 1 is 1.11 bits per heavy atom. The lowest BCUT2D eigenvalue weighted by Crippen LogP contribution is -2.30. The maximum atomic E-state index is 9.15. The second-order valence-corrected chi connectivity index (χ2v) is 5.00. The van der Waals surface area contributed by atoms with Crippen LogP contribution in [0.2, 0.25) is 0 Å². The molecule has 4 nitrogen and oxygen atoms in total. The van der Waals surface area contributed by atoms with Crippen molar-refractivity contribution in [3.8, 4) is 11.1 Å². The molecule has 0 saturated heterocycles. The molecule has 0 aliphatic carbocycles. The SMILES string of the molecule is Nc1ccc(N(CCO)CCO)c(-c2ccsc2)c1. The summed E-state index contributed by atoms with van der Waals surface area (Å²) in [6, 6.07) is 7.75. The van der Waals surface area contributed by atoms with Gasteiger partial charge in [-0.2, -0.15) is 11.3 Å². The molecule has 0 bridgehead atoms. The number of nitrogens with two attached hydrogens (primary N) is 1. The number of aliphatic hydroxyl groups excluding tert-OH is 2. The van der Waals surface area contributed by atoms with Gasteiger partial charge in [0, 0.05) is 30.0 Å².